The predicted octanol–water partition coefficient (Wildman–Crippen LogP) is 22.5. The smallest absolute Gasteiger partial charge is 0.344 e. The molecular weight excluding hydrogens is 1090 g/mol. The molecule has 89 heavy (non-hydrogen) atoms. The summed E-state index contributed by atoms with van der Waals surface area (Å²) in [7, 11) is 0. The molecule has 2 saturated carbocycles. The van der Waals surface area contributed by atoms with Crippen molar-refractivity contribution in [2.75, 3.05) is 0 Å². The second-order valence-electron chi connectivity index (χ2n) is 27.1. The van der Waals surface area contributed by atoms with Gasteiger partial charge in [0, 0.05) is 50.3 Å². The minimum atomic E-state index is -0.262. The standard InChI is InChI=1S/C29H38O.C23H29NO.C16H15N.C15H12O2/c1-21-13-15-25-26-16-14-22(2)18-28(26)30-29(27(25)17-21,19-23-9-5-3-6-10-23)20-24-11-7-4-8-12-24;1-4-5-6-7-8-9-14-24-22-16-18(3)11-13-20(22)19-12-10-17(2)15-21(19)23(24)25;1-10-4-6-13-14-7-5-11(2)9-16(14)17-12(3)15(13)8-10;1-9-3-5-11-12-6-4-10(2)8-14(12)17-15(16)13(11)7-9/h13-18,23-24H,3-12,19-20H2,1-2H3;10-13,15-16H,4-9,14H2,1-3H3;4-9H,1-3H3;3-8H,1-2H3. The summed E-state index contributed by atoms with van der Waals surface area (Å²) in [5.74, 6) is 2.74. The summed E-state index contributed by atoms with van der Waals surface area (Å²) in [4.78, 5) is 29.7. The van der Waals surface area contributed by atoms with Gasteiger partial charge in [-0.1, -0.05) is 229 Å². The zero-order chi connectivity index (χ0) is 62.3. The molecule has 6 heteroatoms. The average molecular weight is 1180 g/mol. The first-order valence-corrected chi connectivity index (χ1v) is 33.7. The van der Waals surface area contributed by atoms with Gasteiger partial charge in [-0.25, -0.2) is 4.79 Å². The van der Waals surface area contributed by atoms with E-state index < -0.39 is 0 Å². The third-order valence-corrected chi connectivity index (χ3v) is 19.5. The van der Waals surface area contributed by atoms with Gasteiger partial charge >= 0.3 is 5.63 Å². The minimum Gasteiger partial charge on any atom is -0.482 e. The minimum absolute atomic E-state index is 0.147. The van der Waals surface area contributed by atoms with Gasteiger partial charge in [0.15, 0.2) is 0 Å². The van der Waals surface area contributed by atoms with Gasteiger partial charge in [0.1, 0.15) is 16.9 Å². The first-order valence-electron chi connectivity index (χ1n) is 33.7. The van der Waals surface area contributed by atoms with Crippen LogP contribution >= 0.6 is 0 Å². The topological polar surface area (TPSA) is 74.3 Å². The average Bonchev–Trinajstić information content (AvgIpc) is 1.53. The van der Waals surface area contributed by atoms with Gasteiger partial charge in [-0.05, 0) is 180 Å². The molecule has 0 bridgehead atoms. The summed E-state index contributed by atoms with van der Waals surface area (Å²) in [5.41, 5.74) is 17.6. The van der Waals surface area contributed by atoms with Gasteiger partial charge in [0.2, 0.25) is 0 Å². The maximum Gasteiger partial charge on any atom is 0.344 e. The molecule has 0 spiro atoms. The van der Waals surface area contributed by atoms with Crippen LogP contribution in [0.4, 0.5) is 0 Å². The maximum atomic E-state index is 13.1. The van der Waals surface area contributed by atoms with Crippen LogP contribution in [0.2, 0.25) is 0 Å². The number of nitrogens with zero attached hydrogens (tertiary/aromatic N) is 2. The van der Waals surface area contributed by atoms with Crippen LogP contribution in [0.5, 0.6) is 5.75 Å². The Morgan fingerprint density at radius 3 is 1.55 bits per heavy atom. The van der Waals surface area contributed by atoms with Crippen LogP contribution in [-0.2, 0) is 12.1 Å². The highest BCUT2D eigenvalue weighted by Crippen LogP contribution is 2.53. The molecule has 0 unspecified atom stereocenters. The lowest BCUT2D eigenvalue weighted by molar-refractivity contribution is 0.00103. The van der Waals surface area contributed by atoms with E-state index in [2.05, 4.69) is 159 Å². The van der Waals surface area contributed by atoms with Crippen LogP contribution in [0.15, 0.2) is 160 Å². The van der Waals surface area contributed by atoms with E-state index in [0.29, 0.717) is 11.0 Å². The Bertz CT molecular complexity index is 4450. The van der Waals surface area contributed by atoms with Gasteiger partial charge < -0.3 is 13.7 Å². The van der Waals surface area contributed by atoms with E-state index in [4.69, 9.17) is 14.1 Å². The SMILES string of the molecule is CCCCCCCCn1c(=O)c2cc(C)ccc2c2ccc(C)cc21.Cc1ccc2c(c1)OC(CC1CCCCC1)(CC1CCCCC1)c1cc(C)ccc1-2.Cc1ccc2c(c1)nc(C)c1cc(C)ccc12.Cc1ccc2c(c1)oc(=O)c1cc(C)ccc12. The van der Waals surface area contributed by atoms with E-state index in [9.17, 15) is 9.59 Å². The molecule has 0 N–H and O–H groups in total. The van der Waals surface area contributed by atoms with Gasteiger partial charge in [-0.15, -0.1) is 0 Å². The Morgan fingerprint density at radius 2 is 0.910 bits per heavy atom. The van der Waals surface area contributed by atoms with Gasteiger partial charge in [-0.3, -0.25) is 9.78 Å². The molecule has 0 atom stereocenters. The van der Waals surface area contributed by atoms with Crippen LogP contribution in [-0.4, -0.2) is 9.55 Å². The Morgan fingerprint density at radius 1 is 0.438 bits per heavy atom. The molecule has 3 aromatic heterocycles. The lowest BCUT2D eigenvalue weighted by Crippen LogP contribution is -2.41. The van der Waals surface area contributed by atoms with Crippen LogP contribution in [0.25, 0.3) is 76.2 Å². The van der Waals surface area contributed by atoms with E-state index in [-0.39, 0.29) is 16.8 Å². The summed E-state index contributed by atoms with van der Waals surface area (Å²) in [6.45, 7) is 21.9. The zero-order valence-electron chi connectivity index (χ0n) is 55.0. The highest BCUT2D eigenvalue weighted by atomic mass is 16.5. The number of ether oxygens (including phenoxy) is 1. The summed E-state index contributed by atoms with van der Waals surface area (Å²) >= 11 is 0. The van der Waals surface area contributed by atoms with E-state index >= 15 is 0 Å². The van der Waals surface area contributed by atoms with Crippen molar-refractivity contribution in [2.45, 2.75) is 197 Å². The van der Waals surface area contributed by atoms with E-state index in [0.717, 1.165) is 85.5 Å². The molecule has 460 valence electrons. The number of rotatable bonds is 11. The second-order valence-corrected chi connectivity index (χ2v) is 27.1. The third-order valence-electron chi connectivity index (χ3n) is 19.5. The number of pyridine rings is 2. The number of hydrogen-bond acceptors (Lipinski definition) is 5. The molecule has 0 saturated heterocycles. The fraction of sp³-hybridized carbons (Fsp3) is 0.386. The molecule has 1 aliphatic heterocycles. The molecule has 8 aromatic carbocycles. The molecule has 2 aliphatic carbocycles. The van der Waals surface area contributed by atoms with E-state index in [1.54, 1.807) is 0 Å². The van der Waals surface area contributed by atoms with Crippen LogP contribution in [0, 0.1) is 74.1 Å². The van der Waals surface area contributed by atoms with Crippen molar-refractivity contribution in [2.24, 2.45) is 11.8 Å². The number of fused-ring (bicyclic) bond motifs is 12. The molecule has 14 rings (SSSR count). The van der Waals surface area contributed by atoms with Crippen LogP contribution in [0.3, 0.4) is 0 Å². The molecule has 3 aliphatic rings. The largest absolute Gasteiger partial charge is 0.482 e. The number of aromatic nitrogens is 2. The van der Waals surface area contributed by atoms with Crippen molar-refractivity contribution in [3.63, 3.8) is 0 Å². The highest BCUT2D eigenvalue weighted by Gasteiger charge is 2.44. The number of aryl methyl sites for hydroxylation is 10. The first-order chi connectivity index (χ1) is 43.0. The van der Waals surface area contributed by atoms with E-state index in [1.807, 2.05) is 60.9 Å². The Hall–Kier alpha value is -7.83. The normalized spacial score (nSPS) is 14.8. The lowest BCUT2D eigenvalue weighted by Gasteiger charge is -2.45. The monoisotopic (exact) mass is 1180 g/mol. The summed E-state index contributed by atoms with van der Waals surface area (Å²) in [6.07, 6.45) is 23.8. The van der Waals surface area contributed by atoms with E-state index in [1.165, 1.54) is 175 Å². The quantitative estimate of drug-likeness (QED) is 0.0733. The molecule has 0 amide bonds. The predicted molar refractivity (Wildman–Crippen MR) is 378 cm³/mol. The van der Waals surface area contributed by atoms with Crippen molar-refractivity contribution >= 4 is 65.1 Å². The van der Waals surface area contributed by atoms with Crippen LogP contribution < -0.4 is 15.9 Å². The van der Waals surface area contributed by atoms with Crippen molar-refractivity contribution in [1.82, 2.24) is 9.55 Å². The molecule has 4 heterocycles. The van der Waals surface area contributed by atoms with Crippen molar-refractivity contribution in [3.05, 3.63) is 222 Å². The highest BCUT2D eigenvalue weighted by molar-refractivity contribution is 6.08. The molecule has 0 radical (unpaired) electrons. The Kier molecular flexibility index (Phi) is 19.7. The third kappa shape index (κ3) is 14.3. The lowest BCUT2D eigenvalue weighted by atomic mass is 9.69. The van der Waals surface area contributed by atoms with Crippen molar-refractivity contribution < 1.29 is 9.15 Å². The van der Waals surface area contributed by atoms with Crippen molar-refractivity contribution in [1.29, 1.82) is 0 Å². The Labute approximate surface area is 528 Å². The fourth-order valence-electron chi connectivity index (χ4n) is 14.8. The zero-order valence-corrected chi connectivity index (χ0v) is 55.0. The van der Waals surface area contributed by atoms with Gasteiger partial charge in [-0.2, -0.15) is 0 Å². The maximum absolute atomic E-state index is 13.1. The molecule has 6 nitrogen and oxygen atoms in total. The number of hydrogen-bond donors (Lipinski definition) is 0. The Balaban J connectivity index is 0.000000126. The first kappa shape index (κ1) is 62.8. The van der Waals surface area contributed by atoms with Gasteiger partial charge in [0.05, 0.1) is 16.4 Å². The molecular formula is C83H94N2O4. The summed E-state index contributed by atoms with van der Waals surface area (Å²) < 4.78 is 14.5. The summed E-state index contributed by atoms with van der Waals surface area (Å²) in [6, 6.07) is 51.5. The number of benzene rings is 8. The summed E-state index contributed by atoms with van der Waals surface area (Å²) in [5, 5.41) is 9.53. The van der Waals surface area contributed by atoms with Gasteiger partial charge in [0.25, 0.3) is 5.56 Å². The van der Waals surface area contributed by atoms with Crippen LogP contribution in [0.1, 0.15) is 178 Å². The molecule has 11 aromatic rings. The van der Waals surface area contributed by atoms with Crippen molar-refractivity contribution in [3.8, 4) is 16.9 Å². The fourth-order valence-corrected chi connectivity index (χ4v) is 14.8. The number of unbranched alkanes of at least 4 members (excludes halogenated alkanes) is 5. The second kappa shape index (κ2) is 27.9. The molecule has 2 fully saturated rings.